The van der Waals surface area contributed by atoms with Gasteiger partial charge >= 0.3 is 16.8 Å². The first-order valence-corrected chi connectivity index (χ1v) is 15.6. The van der Waals surface area contributed by atoms with Crippen molar-refractivity contribution in [2.24, 2.45) is 9.98 Å². The third-order valence-corrected chi connectivity index (χ3v) is 6.65. The Morgan fingerprint density at radius 1 is 0.660 bits per heavy atom. The molecule has 0 bridgehead atoms. The zero-order valence-electron chi connectivity index (χ0n) is 29.4. The van der Waals surface area contributed by atoms with Crippen LogP contribution in [0, 0.1) is 0 Å². The molecular weight excluding hydrogens is 639 g/mol. The molecular formula is C38H50CoN2O6. The first kappa shape index (κ1) is 43.0. The van der Waals surface area contributed by atoms with Gasteiger partial charge in [0.25, 0.3) is 0 Å². The van der Waals surface area contributed by atoms with Gasteiger partial charge in [0.05, 0.1) is 11.4 Å². The van der Waals surface area contributed by atoms with E-state index in [1.54, 1.807) is 12.4 Å². The van der Waals surface area contributed by atoms with Gasteiger partial charge in [-0.2, -0.15) is 0 Å². The molecule has 0 saturated carbocycles. The van der Waals surface area contributed by atoms with E-state index in [4.69, 9.17) is 19.8 Å². The summed E-state index contributed by atoms with van der Waals surface area (Å²) in [5, 5.41) is 39.6. The van der Waals surface area contributed by atoms with Gasteiger partial charge in [0, 0.05) is 46.6 Å². The SMILES string of the molecule is CC(=O)[O-].CC(=O)[O-].CCCc1cc(C=Nc2ccc(N=Cc3cc(CCC)cc(C(C)(C)C)c3O)cc2)c(O)c(C(C)(C)C)c1.[Co+2]. The van der Waals surface area contributed by atoms with Crippen LogP contribution in [-0.2, 0) is 50.0 Å². The molecule has 3 rings (SSSR count). The van der Waals surface area contributed by atoms with E-state index < -0.39 is 11.9 Å². The number of phenols is 2. The normalized spacial score (nSPS) is 11.3. The smallest absolute Gasteiger partial charge is 0.550 e. The van der Waals surface area contributed by atoms with Gasteiger partial charge in [-0.1, -0.05) is 80.4 Å². The quantitative estimate of drug-likeness (QED) is 0.255. The topological polar surface area (TPSA) is 145 Å². The largest absolute Gasteiger partial charge is 2.00 e. The van der Waals surface area contributed by atoms with Crippen molar-refractivity contribution in [1.29, 1.82) is 0 Å². The van der Waals surface area contributed by atoms with Gasteiger partial charge in [0.15, 0.2) is 0 Å². The summed E-state index contributed by atoms with van der Waals surface area (Å²) >= 11 is 0. The maximum absolute atomic E-state index is 10.9. The number of aliphatic carboxylic acids is 2. The number of hydrogen-bond acceptors (Lipinski definition) is 8. The fourth-order valence-corrected chi connectivity index (χ4v) is 4.56. The van der Waals surface area contributed by atoms with Crippen LogP contribution in [-0.4, -0.2) is 34.6 Å². The minimum Gasteiger partial charge on any atom is -0.550 e. The number of aliphatic imine (C=N–C) groups is 2. The molecule has 0 saturated heterocycles. The van der Waals surface area contributed by atoms with Gasteiger partial charge in [-0.3, -0.25) is 9.98 Å². The molecule has 0 aromatic heterocycles. The van der Waals surface area contributed by atoms with E-state index >= 15 is 0 Å². The molecule has 257 valence electrons. The Bertz CT molecular complexity index is 1390. The first-order chi connectivity index (χ1) is 21.3. The Hall–Kier alpha value is -3.95. The predicted molar refractivity (Wildman–Crippen MR) is 184 cm³/mol. The molecule has 1 radical (unpaired) electrons. The number of hydrogen-bond donors (Lipinski definition) is 2. The molecule has 2 N–H and O–H groups in total. The van der Waals surface area contributed by atoms with Gasteiger partial charge in [-0.25, -0.2) is 0 Å². The van der Waals surface area contributed by atoms with Crippen molar-refractivity contribution >= 4 is 35.7 Å². The molecule has 0 atom stereocenters. The van der Waals surface area contributed by atoms with Crippen LogP contribution in [0.25, 0.3) is 0 Å². The summed E-state index contributed by atoms with van der Waals surface area (Å²) in [6, 6.07) is 15.9. The molecule has 47 heavy (non-hydrogen) atoms. The number of aromatic hydroxyl groups is 2. The summed E-state index contributed by atoms with van der Waals surface area (Å²) in [6.07, 6.45) is 7.51. The van der Waals surface area contributed by atoms with Crippen molar-refractivity contribution < 1.29 is 46.8 Å². The summed E-state index contributed by atoms with van der Waals surface area (Å²) in [7, 11) is 0. The minimum atomic E-state index is -1.08. The summed E-state index contributed by atoms with van der Waals surface area (Å²) in [6.45, 7) is 18.9. The second-order valence-corrected chi connectivity index (χ2v) is 13.2. The Morgan fingerprint density at radius 2 is 0.936 bits per heavy atom. The summed E-state index contributed by atoms with van der Waals surface area (Å²) in [5.74, 6) is -1.58. The third kappa shape index (κ3) is 15.5. The van der Waals surface area contributed by atoms with Crippen LogP contribution in [0.3, 0.4) is 0 Å². The second kappa shape index (κ2) is 19.6. The van der Waals surface area contributed by atoms with Crippen molar-refractivity contribution in [3.05, 3.63) is 81.9 Å². The van der Waals surface area contributed by atoms with Crippen LogP contribution >= 0.6 is 0 Å². The third-order valence-electron chi connectivity index (χ3n) is 6.65. The van der Waals surface area contributed by atoms with E-state index in [1.807, 2.05) is 36.4 Å². The average Bonchev–Trinajstić information content (AvgIpc) is 2.92. The monoisotopic (exact) mass is 689 g/mol. The van der Waals surface area contributed by atoms with E-state index in [9.17, 15) is 10.2 Å². The Kier molecular flexibility index (Phi) is 18.0. The number of phenolic OH excluding ortho intramolecular Hbond substituents is 2. The maximum Gasteiger partial charge on any atom is 2.00 e. The summed E-state index contributed by atoms with van der Waals surface area (Å²) < 4.78 is 0. The number of carboxylic acid groups (broad SMARTS) is 2. The molecule has 0 aliphatic carbocycles. The molecule has 3 aromatic carbocycles. The molecule has 0 spiro atoms. The Balaban J connectivity index is 0.00000211. The summed E-state index contributed by atoms with van der Waals surface area (Å²) in [5.41, 5.74) is 7.02. The van der Waals surface area contributed by atoms with Crippen LogP contribution < -0.4 is 10.2 Å². The average molecular weight is 690 g/mol. The van der Waals surface area contributed by atoms with Gasteiger partial charge < -0.3 is 30.0 Å². The van der Waals surface area contributed by atoms with Gasteiger partial charge in [-0.05, 0) is 85.0 Å². The van der Waals surface area contributed by atoms with Gasteiger partial charge in [0.1, 0.15) is 11.5 Å². The zero-order valence-corrected chi connectivity index (χ0v) is 30.4. The van der Waals surface area contributed by atoms with Crippen molar-refractivity contribution in [2.45, 2.75) is 106 Å². The number of aryl methyl sites for hydroxylation is 2. The fourth-order valence-electron chi connectivity index (χ4n) is 4.56. The molecule has 9 heteroatoms. The number of carbonyl (C=O) groups is 2. The van der Waals surface area contributed by atoms with Crippen LogP contribution in [0.1, 0.15) is 115 Å². The van der Waals surface area contributed by atoms with Gasteiger partial charge in [-0.15, -0.1) is 0 Å². The van der Waals surface area contributed by atoms with Crippen LogP contribution in [0.2, 0.25) is 0 Å². The molecule has 0 heterocycles. The Morgan fingerprint density at radius 3 is 1.17 bits per heavy atom. The molecule has 0 aliphatic rings. The number of nitrogens with zero attached hydrogens (tertiary/aromatic N) is 2. The van der Waals surface area contributed by atoms with E-state index in [2.05, 4.69) is 77.5 Å². The van der Waals surface area contributed by atoms with Crippen molar-refractivity contribution in [3.8, 4) is 11.5 Å². The van der Waals surface area contributed by atoms with Gasteiger partial charge in [0.2, 0.25) is 0 Å². The number of rotatable bonds is 8. The standard InChI is InChI=1S/C34H44N2O2.2C2H4O2.Co/c1-9-11-23-17-25(31(37)29(19-23)33(3,4)5)21-35-27-13-15-28(16-14-27)36-22-26-18-24(12-10-2)20-30(32(26)38)34(6,7)8;2*1-2(3)4;/h13-22,37-38H,9-12H2,1-8H3;2*1H3,(H,3,4);/q;;;+2/p-2. The van der Waals surface area contributed by atoms with E-state index in [1.165, 1.54) is 11.1 Å². The minimum absolute atomic E-state index is 0. The van der Waals surface area contributed by atoms with Crippen molar-refractivity contribution in [3.63, 3.8) is 0 Å². The number of benzene rings is 3. The fraction of sp³-hybridized carbons (Fsp3) is 0.421. The molecule has 0 unspecified atom stereocenters. The van der Waals surface area contributed by atoms with Crippen molar-refractivity contribution in [2.75, 3.05) is 0 Å². The predicted octanol–water partition coefficient (Wildman–Crippen LogP) is 6.61. The van der Waals surface area contributed by atoms with Crippen LogP contribution in [0.4, 0.5) is 11.4 Å². The molecule has 0 amide bonds. The molecule has 0 aliphatic heterocycles. The van der Waals surface area contributed by atoms with Crippen LogP contribution in [0.15, 0.2) is 58.5 Å². The van der Waals surface area contributed by atoms with Crippen molar-refractivity contribution in [1.82, 2.24) is 0 Å². The summed E-state index contributed by atoms with van der Waals surface area (Å²) in [4.78, 5) is 27.0. The second-order valence-electron chi connectivity index (χ2n) is 13.2. The van der Waals surface area contributed by atoms with E-state index in [-0.39, 0.29) is 27.6 Å². The van der Waals surface area contributed by atoms with E-state index in [0.29, 0.717) is 11.5 Å². The Labute approximate surface area is 290 Å². The van der Waals surface area contributed by atoms with Crippen LogP contribution in [0.5, 0.6) is 11.5 Å². The maximum atomic E-state index is 10.9. The molecule has 0 fully saturated rings. The first-order valence-electron chi connectivity index (χ1n) is 15.6. The zero-order chi connectivity index (χ0) is 35.2. The number of carboxylic acids is 2. The number of carbonyl (C=O) groups excluding carboxylic acids is 2. The molecule has 8 nitrogen and oxygen atoms in total. The molecule has 3 aromatic rings. The van der Waals surface area contributed by atoms with E-state index in [0.717, 1.165) is 73.2 Å².